The predicted octanol–water partition coefficient (Wildman–Crippen LogP) is 1.35. The van der Waals surface area contributed by atoms with Gasteiger partial charge in [-0.1, -0.05) is 0 Å². The standard InChI is InChI=1S/C11H17N5/c1-3-16(8-9(2)7-12)10-4-5-14-11(6-10)15-13/h4-6,9H,3,8,13H2,1-2H3,(H,14,15). The van der Waals surface area contributed by atoms with E-state index in [2.05, 4.69) is 28.3 Å². The van der Waals surface area contributed by atoms with E-state index in [9.17, 15) is 0 Å². The Hall–Kier alpha value is -1.80. The third-order valence-electron chi connectivity index (χ3n) is 2.35. The molecule has 3 N–H and O–H groups in total. The number of hydrogen-bond acceptors (Lipinski definition) is 5. The van der Waals surface area contributed by atoms with Crippen molar-refractivity contribution < 1.29 is 0 Å². The summed E-state index contributed by atoms with van der Waals surface area (Å²) in [6.07, 6.45) is 1.70. The summed E-state index contributed by atoms with van der Waals surface area (Å²) in [5.41, 5.74) is 3.53. The lowest BCUT2D eigenvalue weighted by atomic mass is 10.2. The number of anilines is 2. The molecule has 5 heteroatoms. The maximum absolute atomic E-state index is 8.81. The summed E-state index contributed by atoms with van der Waals surface area (Å²) in [6.45, 7) is 5.52. The predicted molar refractivity (Wildman–Crippen MR) is 64.7 cm³/mol. The summed E-state index contributed by atoms with van der Waals surface area (Å²) < 4.78 is 0. The number of nitrogens with one attached hydrogen (secondary N) is 1. The smallest absolute Gasteiger partial charge is 0.141 e. The van der Waals surface area contributed by atoms with Crippen LogP contribution in [0.15, 0.2) is 18.3 Å². The lowest BCUT2D eigenvalue weighted by Crippen LogP contribution is -2.27. The number of nitrogens with two attached hydrogens (primary N) is 1. The Morgan fingerprint density at radius 3 is 3.00 bits per heavy atom. The Kier molecular flexibility index (Phi) is 4.55. The molecular formula is C11H17N5. The fourth-order valence-corrected chi connectivity index (χ4v) is 1.48. The van der Waals surface area contributed by atoms with Crippen molar-refractivity contribution in [2.24, 2.45) is 11.8 Å². The normalized spacial score (nSPS) is 11.6. The first-order valence-electron chi connectivity index (χ1n) is 5.28. The molecule has 0 aliphatic rings. The first kappa shape index (κ1) is 12.3. The topological polar surface area (TPSA) is 78.0 Å². The largest absolute Gasteiger partial charge is 0.370 e. The molecule has 0 aliphatic heterocycles. The number of rotatable bonds is 5. The number of pyridine rings is 1. The minimum Gasteiger partial charge on any atom is -0.370 e. The van der Waals surface area contributed by atoms with E-state index in [0.29, 0.717) is 12.4 Å². The molecule has 0 radical (unpaired) electrons. The van der Waals surface area contributed by atoms with Crippen LogP contribution in [0, 0.1) is 17.2 Å². The third kappa shape index (κ3) is 3.11. The van der Waals surface area contributed by atoms with Crippen LogP contribution in [0.2, 0.25) is 0 Å². The summed E-state index contributed by atoms with van der Waals surface area (Å²) in [7, 11) is 0. The molecular weight excluding hydrogens is 202 g/mol. The van der Waals surface area contributed by atoms with E-state index in [1.54, 1.807) is 6.20 Å². The molecule has 0 aromatic carbocycles. The van der Waals surface area contributed by atoms with Gasteiger partial charge in [0.15, 0.2) is 0 Å². The Morgan fingerprint density at radius 2 is 2.44 bits per heavy atom. The van der Waals surface area contributed by atoms with Gasteiger partial charge in [-0.05, 0) is 19.9 Å². The molecule has 1 unspecified atom stereocenters. The van der Waals surface area contributed by atoms with E-state index < -0.39 is 0 Å². The molecule has 1 heterocycles. The van der Waals surface area contributed by atoms with Crippen LogP contribution in [0.1, 0.15) is 13.8 Å². The highest BCUT2D eigenvalue weighted by Gasteiger charge is 2.09. The molecule has 16 heavy (non-hydrogen) atoms. The molecule has 1 aromatic rings. The lowest BCUT2D eigenvalue weighted by Gasteiger charge is -2.24. The first-order valence-corrected chi connectivity index (χ1v) is 5.28. The van der Waals surface area contributed by atoms with Crippen molar-refractivity contribution in [3.05, 3.63) is 18.3 Å². The Morgan fingerprint density at radius 1 is 1.69 bits per heavy atom. The number of nitrogen functional groups attached to an aromatic ring is 1. The van der Waals surface area contributed by atoms with E-state index in [4.69, 9.17) is 11.1 Å². The molecule has 0 amide bonds. The fourth-order valence-electron chi connectivity index (χ4n) is 1.48. The lowest BCUT2D eigenvalue weighted by molar-refractivity contribution is 0.686. The van der Waals surface area contributed by atoms with Crippen LogP contribution in [-0.4, -0.2) is 18.1 Å². The van der Waals surface area contributed by atoms with Gasteiger partial charge < -0.3 is 10.3 Å². The number of hydrazine groups is 1. The highest BCUT2D eigenvalue weighted by molar-refractivity contribution is 5.53. The maximum Gasteiger partial charge on any atom is 0.141 e. The first-order chi connectivity index (χ1) is 7.71. The van der Waals surface area contributed by atoms with Gasteiger partial charge in [0.2, 0.25) is 0 Å². The van der Waals surface area contributed by atoms with E-state index in [1.807, 2.05) is 19.1 Å². The molecule has 0 spiro atoms. The van der Waals surface area contributed by atoms with Crippen LogP contribution in [0.5, 0.6) is 0 Å². The number of hydrogen-bond donors (Lipinski definition) is 2. The Labute approximate surface area is 95.9 Å². The van der Waals surface area contributed by atoms with Crippen LogP contribution in [0.3, 0.4) is 0 Å². The van der Waals surface area contributed by atoms with Crippen molar-refractivity contribution in [2.75, 3.05) is 23.4 Å². The van der Waals surface area contributed by atoms with Gasteiger partial charge in [0.05, 0.1) is 12.0 Å². The van der Waals surface area contributed by atoms with Gasteiger partial charge in [0.25, 0.3) is 0 Å². The zero-order chi connectivity index (χ0) is 12.0. The highest BCUT2D eigenvalue weighted by Crippen LogP contribution is 2.17. The van der Waals surface area contributed by atoms with Crippen molar-refractivity contribution in [2.45, 2.75) is 13.8 Å². The van der Waals surface area contributed by atoms with Crippen molar-refractivity contribution in [1.82, 2.24) is 4.98 Å². The maximum atomic E-state index is 8.81. The van der Waals surface area contributed by atoms with Crippen LogP contribution >= 0.6 is 0 Å². The average Bonchev–Trinajstić information content (AvgIpc) is 2.35. The van der Waals surface area contributed by atoms with E-state index >= 15 is 0 Å². The SMILES string of the molecule is CCN(CC(C)C#N)c1ccnc(NN)c1. The zero-order valence-electron chi connectivity index (χ0n) is 9.64. The molecule has 0 fully saturated rings. The summed E-state index contributed by atoms with van der Waals surface area (Å²) in [6, 6.07) is 6.01. The second-order valence-electron chi connectivity index (χ2n) is 3.61. The molecule has 0 aliphatic carbocycles. The van der Waals surface area contributed by atoms with Crippen LogP contribution in [0.4, 0.5) is 11.5 Å². The number of aromatic nitrogens is 1. The van der Waals surface area contributed by atoms with E-state index in [1.165, 1.54) is 0 Å². The van der Waals surface area contributed by atoms with Crippen molar-refractivity contribution >= 4 is 11.5 Å². The molecule has 86 valence electrons. The third-order valence-corrected chi connectivity index (χ3v) is 2.35. The van der Waals surface area contributed by atoms with Crippen LogP contribution in [0.25, 0.3) is 0 Å². The van der Waals surface area contributed by atoms with Gasteiger partial charge in [0, 0.05) is 31.0 Å². The Bertz CT molecular complexity index is 371. The quantitative estimate of drug-likeness (QED) is 0.577. The second-order valence-corrected chi connectivity index (χ2v) is 3.61. The number of nitriles is 1. The van der Waals surface area contributed by atoms with E-state index in [0.717, 1.165) is 12.2 Å². The van der Waals surface area contributed by atoms with Gasteiger partial charge in [-0.25, -0.2) is 10.8 Å². The van der Waals surface area contributed by atoms with Crippen LogP contribution in [-0.2, 0) is 0 Å². The van der Waals surface area contributed by atoms with Crippen LogP contribution < -0.4 is 16.2 Å². The van der Waals surface area contributed by atoms with Gasteiger partial charge in [-0.3, -0.25) is 0 Å². The van der Waals surface area contributed by atoms with Crippen molar-refractivity contribution in [3.63, 3.8) is 0 Å². The summed E-state index contributed by atoms with van der Waals surface area (Å²) in [4.78, 5) is 6.17. The van der Waals surface area contributed by atoms with Crippen molar-refractivity contribution in [1.29, 1.82) is 5.26 Å². The molecule has 0 saturated heterocycles. The summed E-state index contributed by atoms with van der Waals surface area (Å²) in [5, 5.41) is 8.81. The molecule has 0 bridgehead atoms. The summed E-state index contributed by atoms with van der Waals surface area (Å²) in [5.74, 6) is 5.93. The molecule has 5 nitrogen and oxygen atoms in total. The number of nitrogens with zero attached hydrogens (tertiary/aromatic N) is 3. The Balaban J connectivity index is 2.82. The second kappa shape index (κ2) is 5.93. The van der Waals surface area contributed by atoms with Crippen molar-refractivity contribution in [3.8, 4) is 6.07 Å². The fraction of sp³-hybridized carbons (Fsp3) is 0.455. The molecule has 1 aromatic heterocycles. The van der Waals surface area contributed by atoms with Gasteiger partial charge in [-0.15, -0.1) is 0 Å². The monoisotopic (exact) mass is 219 g/mol. The average molecular weight is 219 g/mol. The zero-order valence-corrected chi connectivity index (χ0v) is 9.64. The van der Waals surface area contributed by atoms with Gasteiger partial charge in [0.1, 0.15) is 5.82 Å². The van der Waals surface area contributed by atoms with Gasteiger partial charge >= 0.3 is 0 Å². The highest BCUT2D eigenvalue weighted by atomic mass is 15.2. The molecule has 0 saturated carbocycles. The summed E-state index contributed by atoms with van der Waals surface area (Å²) >= 11 is 0. The van der Waals surface area contributed by atoms with E-state index in [-0.39, 0.29) is 5.92 Å². The minimum atomic E-state index is 0.00222. The molecule has 1 atom stereocenters. The van der Waals surface area contributed by atoms with Gasteiger partial charge in [-0.2, -0.15) is 5.26 Å². The minimum absolute atomic E-state index is 0.00222. The molecule has 1 rings (SSSR count).